The highest BCUT2D eigenvalue weighted by Crippen LogP contribution is 2.30. The van der Waals surface area contributed by atoms with Crippen LogP contribution >= 0.6 is 11.6 Å². The number of halogens is 1. The van der Waals surface area contributed by atoms with Gasteiger partial charge in [-0.2, -0.15) is 0 Å². The van der Waals surface area contributed by atoms with Crippen LogP contribution in [0.5, 0.6) is 11.5 Å². The average molecular weight is 409 g/mol. The highest BCUT2D eigenvalue weighted by Gasteiger charge is 2.26. The topological polar surface area (TPSA) is 67.3 Å². The molecule has 3 aromatic rings. The van der Waals surface area contributed by atoms with Crippen LogP contribution in [0.3, 0.4) is 0 Å². The van der Waals surface area contributed by atoms with Crippen LogP contribution in [0.2, 0.25) is 5.15 Å². The minimum Gasteiger partial charge on any atom is -0.455 e. The third-order valence-electron chi connectivity index (χ3n) is 4.92. The molecule has 1 N–H and O–H groups in total. The van der Waals surface area contributed by atoms with E-state index in [1.807, 2.05) is 60.7 Å². The van der Waals surface area contributed by atoms with Crippen LogP contribution in [0, 0.1) is 5.92 Å². The van der Waals surface area contributed by atoms with Gasteiger partial charge < -0.3 is 15.0 Å². The first-order valence-corrected chi connectivity index (χ1v) is 9.94. The summed E-state index contributed by atoms with van der Waals surface area (Å²) in [5.41, 5.74) is 0.673. The summed E-state index contributed by atoms with van der Waals surface area (Å²) in [6.45, 7) is 1.49. The Morgan fingerprint density at radius 2 is 1.69 bits per heavy atom. The molecule has 7 heteroatoms. The molecule has 148 valence electrons. The maximum absolute atomic E-state index is 12.8. The number of carbonyl (C=O) groups excluding carboxylic acids is 1. The standard InChI is InChI=1S/C22H21ClN4O2/c23-20-10-11-21(26-25-20)27-14-12-16(13-15-27)22(28)24-18-8-4-5-9-19(18)29-17-6-2-1-3-7-17/h1-11,16H,12-15H2,(H,24,28). The van der Waals surface area contributed by atoms with E-state index in [2.05, 4.69) is 20.4 Å². The van der Waals surface area contributed by atoms with Gasteiger partial charge in [-0.3, -0.25) is 4.79 Å². The molecule has 1 fully saturated rings. The Balaban J connectivity index is 1.37. The first-order chi connectivity index (χ1) is 14.2. The van der Waals surface area contributed by atoms with Crippen molar-refractivity contribution >= 4 is 29.0 Å². The number of carbonyl (C=O) groups is 1. The van der Waals surface area contributed by atoms with Crippen molar-refractivity contribution in [2.45, 2.75) is 12.8 Å². The maximum Gasteiger partial charge on any atom is 0.227 e. The number of ether oxygens (including phenoxy) is 1. The molecule has 1 aliphatic heterocycles. The van der Waals surface area contributed by atoms with Crippen molar-refractivity contribution in [1.82, 2.24) is 10.2 Å². The Kier molecular flexibility index (Phi) is 5.91. The highest BCUT2D eigenvalue weighted by molar-refractivity contribution is 6.29. The summed E-state index contributed by atoms with van der Waals surface area (Å²) in [4.78, 5) is 15.0. The van der Waals surface area contributed by atoms with Gasteiger partial charge in [-0.25, -0.2) is 0 Å². The van der Waals surface area contributed by atoms with Crippen LogP contribution in [-0.2, 0) is 4.79 Å². The molecular weight excluding hydrogens is 388 g/mol. The van der Waals surface area contributed by atoms with E-state index in [1.54, 1.807) is 6.07 Å². The number of para-hydroxylation sites is 3. The fourth-order valence-electron chi connectivity index (χ4n) is 3.36. The van der Waals surface area contributed by atoms with Crippen LogP contribution in [-0.4, -0.2) is 29.2 Å². The second-order valence-corrected chi connectivity index (χ2v) is 7.26. The fraction of sp³-hybridized carbons (Fsp3) is 0.227. The van der Waals surface area contributed by atoms with Crippen molar-refractivity contribution < 1.29 is 9.53 Å². The molecule has 0 atom stereocenters. The number of hydrogen-bond donors (Lipinski definition) is 1. The van der Waals surface area contributed by atoms with E-state index in [4.69, 9.17) is 16.3 Å². The first-order valence-electron chi connectivity index (χ1n) is 9.56. The number of amides is 1. The molecule has 2 aromatic carbocycles. The summed E-state index contributed by atoms with van der Waals surface area (Å²) >= 11 is 5.80. The molecule has 6 nitrogen and oxygen atoms in total. The zero-order chi connectivity index (χ0) is 20.1. The number of hydrogen-bond acceptors (Lipinski definition) is 5. The smallest absolute Gasteiger partial charge is 0.227 e. The van der Waals surface area contributed by atoms with Gasteiger partial charge in [-0.15, -0.1) is 10.2 Å². The molecule has 29 heavy (non-hydrogen) atoms. The van der Waals surface area contributed by atoms with Crippen molar-refractivity contribution in [2.24, 2.45) is 5.92 Å². The Hall–Kier alpha value is -3.12. The minimum atomic E-state index is -0.0590. The molecule has 0 bridgehead atoms. The van der Waals surface area contributed by atoms with Gasteiger partial charge in [0.25, 0.3) is 0 Å². The molecule has 4 rings (SSSR count). The van der Waals surface area contributed by atoms with Crippen molar-refractivity contribution in [3.05, 3.63) is 71.9 Å². The number of piperidine rings is 1. The molecule has 1 saturated heterocycles. The third-order valence-corrected chi connectivity index (χ3v) is 5.13. The molecule has 0 aliphatic carbocycles. The van der Waals surface area contributed by atoms with E-state index in [0.29, 0.717) is 16.6 Å². The zero-order valence-electron chi connectivity index (χ0n) is 15.8. The second kappa shape index (κ2) is 8.92. The van der Waals surface area contributed by atoms with Gasteiger partial charge >= 0.3 is 0 Å². The van der Waals surface area contributed by atoms with Gasteiger partial charge in [0, 0.05) is 19.0 Å². The fourth-order valence-corrected chi connectivity index (χ4v) is 3.46. The van der Waals surface area contributed by atoms with Gasteiger partial charge in [0.2, 0.25) is 5.91 Å². The van der Waals surface area contributed by atoms with Gasteiger partial charge in [0.15, 0.2) is 16.7 Å². The number of benzene rings is 2. The normalized spacial score (nSPS) is 14.4. The lowest BCUT2D eigenvalue weighted by molar-refractivity contribution is -0.120. The molecular formula is C22H21ClN4O2. The van der Waals surface area contributed by atoms with Crippen LogP contribution in [0.25, 0.3) is 0 Å². The Morgan fingerprint density at radius 3 is 2.41 bits per heavy atom. The molecule has 0 spiro atoms. The molecule has 1 amide bonds. The quantitative estimate of drug-likeness (QED) is 0.658. The predicted molar refractivity (Wildman–Crippen MR) is 114 cm³/mol. The third kappa shape index (κ3) is 4.84. The van der Waals surface area contributed by atoms with Crippen molar-refractivity contribution in [3.63, 3.8) is 0 Å². The Labute approximate surface area is 174 Å². The zero-order valence-corrected chi connectivity index (χ0v) is 16.5. The van der Waals surface area contributed by atoms with E-state index in [0.717, 1.165) is 37.5 Å². The second-order valence-electron chi connectivity index (χ2n) is 6.88. The summed E-state index contributed by atoms with van der Waals surface area (Å²) in [6, 6.07) is 20.6. The largest absolute Gasteiger partial charge is 0.455 e. The van der Waals surface area contributed by atoms with Gasteiger partial charge in [0.05, 0.1) is 5.69 Å². The van der Waals surface area contributed by atoms with E-state index in [9.17, 15) is 4.79 Å². The first kappa shape index (κ1) is 19.2. The lowest BCUT2D eigenvalue weighted by atomic mass is 9.95. The average Bonchev–Trinajstić information content (AvgIpc) is 2.76. The number of aromatic nitrogens is 2. The van der Waals surface area contributed by atoms with Crippen LogP contribution < -0.4 is 15.0 Å². The highest BCUT2D eigenvalue weighted by atomic mass is 35.5. The SMILES string of the molecule is O=C(Nc1ccccc1Oc1ccccc1)C1CCN(c2ccc(Cl)nn2)CC1. The number of anilines is 2. The predicted octanol–water partition coefficient (Wildman–Crippen LogP) is 4.78. The van der Waals surface area contributed by atoms with Crippen molar-refractivity contribution in [2.75, 3.05) is 23.3 Å². The Bertz CT molecular complexity index is 958. The maximum atomic E-state index is 12.8. The molecule has 1 aromatic heterocycles. The molecule has 0 unspecified atom stereocenters. The van der Waals surface area contributed by atoms with Crippen molar-refractivity contribution in [3.8, 4) is 11.5 Å². The number of nitrogens with one attached hydrogen (secondary N) is 1. The van der Waals surface area contributed by atoms with E-state index >= 15 is 0 Å². The van der Waals surface area contributed by atoms with Gasteiger partial charge in [0.1, 0.15) is 5.75 Å². The minimum absolute atomic E-state index is 0.0101. The Morgan fingerprint density at radius 1 is 0.966 bits per heavy atom. The molecule has 0 radical (unpaired) electrons. The summed E-state index contributed by atoms with van der Waals surface area (Å²) in [6.07, 6.45) is 1.50. The summed E-state index contributed by atoms with van der Waals surface area (Å²) in [5, 5.41) is 11.4. The van der Waals surface area contributed by atoms with Crippen LogP contribution in [0.4, 0.5) is 11.5 Å². The molecule has 1 aliphatic rings. The lowest BCUT2D eigenvalue weighted by Gasteiger charge is -2.31. The summed E-state index contributed by atoms with van der Waals surface area (Å²) < 4.78 is 5.93. The molecule has 2 heterocycles. The van der Waals surface area contributed by atoms with Gasteiger partial charge in [-0.1, -0.05) is 41.9 Å². The number of rotatable bonds is 5. The van der Waals surface area contributed by atoms with Gasteiger partial charge in [-0.05, 0) is 49.2 Å². The summed E-state index contributed by atoms with van der Waals surface area (Å²) in [5.74, 6) is 2.09. The van der Waals surface area contributed by atoms with E-state index < -0.39 is 0 Å². The van der Waals surface area contributed by atoms with Crippen molar-refractivity contribution in [1.29, 1.82) is 0 Å². The monoisotopic (exact) mass is 408 g/mol. The lowest BCUT2D eigenvalue weighted by Crippen LogP contribution is -2.38. The summed E-state index contributed by atoms with van der Waals surface area (Å²) in [7, 11) is 0. The van der Waals surface area contributed by atoms with Crippen LogP contribution in [0.15, 0.2) is 66.7 Å². The van der Waals surface area contributed by atoms with Crippen LogP contribution in [0.1, 0.15) is 12.8 Å². The number of nitrogens with zero attached hydrogens (tertiary/aromatic N) is 3. The molecule has 0 saturated carbocycles. The van der Waals surface area contributed by atoms with E-state index in [-0.39, 0.29) is 11.8 Å². The van der Waals surface area contributed by atoms with E-state index in [1.165, 1.54) is 0 Å².